The molecule has 1 N–H and O–H groups in total. The number of nitrogens with one attached hydrogen (secondary N) is 1. The van der Waals surface area contributed by atoms with E-state index in [0.717, 1.165) is 22.1 Å². The third-order valence-electron chi connectivity index (χ3n) is 3.74. The van der Waals surface area contributed by atoms with Gasteiger partial charge in [-0.05, 0) is 37.2 Å². The van der Waals surface area contributed by atoms with Crippen molar-refractivity contribution >= 4 is 15.9 Å². The van der Waals surface area contributed by atoms with Gasteiger partial charge < -0.3 is 14.6 Å². The zero-order valence-corrected chi connectivity index (χ0v) is 13.7. The van der Waals surface area contributed by atoms with E-state index in [2.05, 4.69) is 38.3 Å². The second-order valence-corrected chi connectivity index (χ2v) is 6.14. The fourth-order valence-corrected chi connectivity index (χ4v) is 3.11. The molecule has 0 radical (unpaired) electrons. The van der Waals surface area contributed by atoms with Gasteiger partial charge in [0.15, 0.2) is 0 Å². The van der Waals surface area contributed by atoms with Gasteiger partial charge >= 0.3 is 0 Å². The first-order valence-corrected chi connectivity index (χ1v) is 7.89. The molecule has 0 amide bonds. The highest BCUT2D eigenvalue weighted by atomic mass is 79.9. The number of hydrogen-bond donors (Lipinski definition) is 1. The molecule has 0 saturated carbocycles. The van der Waals surface area contributed by atoms with Gasteiger partial charge in [0, 0.05) is 16.1 Å². The summed E-state index contributed by atoms with van der Waals surface area (Å²) in [6, 6.07) is 6.28. The molecule has 2 atom stereocenters. The maximum Gasteiger partial charge on any atom is 0.234 e. The minimum atomic E-state index is 0.127. The number of halogens is 1. The van der Waals surface area contributed by atoms with Gasteiger partial charge in [-0.25, -0.2) is 0 Å². The lowest BCUT2D eigenvalue weighted by Crippen LogP contribution is -2.34. The topological polar surface area (TPSA) is 60.2 Å². The van der Waals surface area contributed by atoms with Crippen molar-refractivity contribution in [2.75, 3.05) is 19.8 Å². The number of ether oxygens (including phenoxy) is 1. The largest absolute Gasteiger partial charge is 0.379 e. The lowest BCUT2D eigenvalue weighted by molar-refractivity contribution is 0.185. The average Bonchev–Trinajstić information content (AvgIpc) is 3.07. The fourth-order valence-electron chi connectivity index (χ4n) is 2.63. The Morgan fingerprint density at radius 3 is 3.00 bits per heavy atom. The maximum atomic E-state index is 5.53. The summed E-state index contributed by atoms with van der Waals surface area (Å²) < 4.78 is 12.1. The van der Waals surface area contributed by atoms with Gasteiger partial charge in [0.1, 0.15) is 0 Å². The summed E-state index contributed by atoms with van der Waals surface area (Å²) >= 11 is 3.46. The quantitative estimate of drug-likeness (QED) is 0.917. The van der Waals surface area contributed by atoms with Crippen molar-refractivity contribution in [3.05, 3.63) is 34.1 Å². The van der Waals surface area contributed by atoms with Gasteiger partial charge in [-0.15, -0.1) is 0 Å². The van der Waals surface area contributed by atoms with Crippen LogP contribution in [0.15, 0.2) is 27.2 Å². The van der Waals surface area contributed by atoms with Gasteiger partial charge in [0.25, 0.3) is 0 Å². The Balaban J connectivity index is 1.86. The number of benzene rings is 1. The van der Waals surface area contributed by atoms with Crippen molar-refractivity contribution < 1.29 is 9.26 Å². The van der Waals surface area contributed by atoms with Crippen LogP contribution in [0.25, 0.3) is 11.4 Å². The molecule has 0 aliphatic carbocycles. The summed E-state index contributed by atoms with van der Waals surface area (Å²) in [5.74, 6) is 1.41. The summed E-state index contributed by atoms with van der Waals surface area (Å²) in [6.07, 6.45) is 0. The van der Waals surface area contributed by atoms with Gasteiger partial charge in [-0.3, -0.25) is 0 Å². The van der Waals surface area contributed by atoms with Crippen LogP contribution in [-0.2, 0) is 4.74 Å². The maximum absolute atomic E-state index is 5.53. The SMILES string of the molecule is CCNC1COCC1c1nc(-c2ccc(Br)cc2C)no1. The van der Waals surface area contributed by atoms with Crippen LogP contribution in [0.3, 0.4) is 0 Å². The van der Waals surface area contributed by atoms with Crippen molar-refractivity contribution in [1.82, 2.24) is 15.5 Å². The Morgan fingerprint density at radius 2 is 2.24 bits per heavy atom. The second-order valence-electron chi connectivity index (χ2n) is 5.22. The first-order valence-electron chi connectivity index (χ1n) is 7.10. The molecular weight excluding hydrogens is 334 g/mol. The van der Waals surface area contributed by atoms with Gasteiger partial charge in [0.2, 0.25) is 11.7 Å². The summed E-state index contributed by atoms with van der Waals surface area (Å²) in [7, 11) is 0. The Hall–Kier alpha value is -1.24. The van der Waals surface area contributed by atoms with Crippen molar-refractivity contribution in [2.45, 2.75) is 25.8 Å². The van der Waals surface area contributed by atoms with Crippen LogP contribution >= 0.6 is 15.9 Å². The van der Waals surface area contributed by atoms with Gasteiger partial charge in [0.05, 0.1) is 19.1 Å². The summed E-state index contributed by atoms with van der Waals surface area (Å²) in [5.41, 5.74) is 2.11. The number of hydrogen-bond acceptors (Lipinski definition) is 5. The minimum Gasteiger partial charge on any atom is -0.379 e. The Morgan fingerprint density at radius 1 is 1.38 bits per heavy atom. The highest BCUT2D eigenvalue weighted by Crippen LogP contribution is 2.28. The fraction of sp³-hybridized carbons (Fsp3) is 0.467. The van der Waals surface area contributed by atoms with Crippen LogP contribution in [0.5, 0.6) is 0 Å². The molecule has 1 saturated heterocycles. The standard InChI is InChI=1S/C15H18BrN3O2/c1-3-17-13-8-20-7-12(13)15-18-14(19-21-15)11-5-4-10(16)6-9(11)2/h4-6,12-13,17H,3,7-8H2,1-2H3. The molecule has 6 heteroatoms. The van der Waals surface area contributed by atoms with Gasteiger partial charge in [-0.1, -0.05) is 28.0 Å². The molecule has 112 valence electrons. The molecular formula is C15H18BrN3O2. The summed E-state index contributed by atoms with van der Waals surface area (Å²) in [5, 5.41) is 7.53. The zero-order chi connectivity index (χ0) is 14.8. The van der Waals surface area contributed by atoms with Crippen molar-refractivity contribution in [2.24, 2.45) is 0 Å². The van der Waals surface area contributed by atoms with E-state index in [-0.39, 0.29) is 12.0 Å². The highest BCUT2D eigenvalue weighted by molar-refractivity contribution is 9.10. The predicted molar refractivity (Wildman–Crippen MR) is 83.2 cm³/mol. The lowest BCUT2D eigenvalue weighted by Gasteiger charge is -2.13. The minimum absolute atomic E-state index is 0.127. The van der Waals surface area contributed by atoms with E-state index in [0.29, 0.717) is 24.9 Å². The second kappa shape index (κ2) is 6.25. The van der Waals surface area contributed by atoms with E-state index in [1.807, 2.05) is 25.1 Å². The van der Waals surface area contributed by atoms with E-state index >= 15 is 0 Å². The van der Waals surface area contributed by atoms with Crippen LogP contribution in [0.4, 0.5) is 0 Å². The molecule has 21 heavy (non-hydrogen) atoms. The third-order valence-corrected chi connectivity index (χ3v) is 4.23. The normalized spacial score (nSPS) is 21.9. The van der Waals surface area contributed by atoms with E-state index in [1.165, 1.54) is 0 Å². The van der Waals surface area contributed by atoms with E-state index in [9.17, 15) is 0 Å². The predicted octanol–water partition coefficient (Wildman–Crippen LogP) is 2.90. The average molecular weight is 352 g/mol. The molecule has 2 aromatic rings. The van der Waals surface area contributed by atoms with Crippen LogP contribution in [0.1, 0.15) is 24.3 Å². The Labute approximate surface area is 132 Å². The molecule has 2 unspecified atom stereocenters. The van der Waals surface area contributed by atoms with Gasteiger partial charge in [-0.2, -0.15) is 4.98 Å². The number of rotatable bonds is 4. The summed E-state index contributed by atoms with van der Waals surface area (Å²) in [4.78, 5) is 4.57. The lowest BCUT2D eigenvalue weighted by atomic mass is 10.0. The molecule has 1 fully saturated rings. The molecule has 0 spiro atoms. The van der Waals surface area contributed by atoms with Crippen LogP contribution in [0, 0.1) is 6.92 Å². The highest BCUT2D eigenvalue weighted by Gasteiger charge is 2.33. The van der Waals surface area contributed by atoms with Crippen molar-refractivity contribution in [1.29, 1.82) is 0 Å². The van der Waals surface area contributed by atoms with Crippen LogP contribution in [-0.4, -0.2) is 35.9 Å². The number of nitrogens with zero attached hydrogens (tertiary/aromatic N) is 2. The van der Waals surface area contributed by atoms with E-state index < -0.39 is 0 Å². The molecule has 1 aromatic carbocycles. The monoisotopic (exact) mass is 351 g/mol. The summed E-state index contributed by atoms with van der Waals surface area (Å²) in [6.45, 7) is 6.33. The third kappa shape index (κ3) is 3.02. The first-order chi connectivity index (χ1) is 10.2. The smallest absolute Gasteiger partial charge is 0.234 e. The molecule has 1 aliphatic rings. The molecule has 1 aliphatic heterocycles. The number of aromatic nitrogens is 2. The van der Waals surface area contributed by atoms with Crippen molar-refractivity contribution in [3.8, 4) is 11.4 Å². The first kappa shape index (κ1) is 14.7. The van der Waals surface area contributed by atoms with Crippen LogP contribution in [0.2, 0.25) is 0 Å². The van der Waals surface area contributed by atoms with E-state index in [4.69, 9.17) is 9.26 Å². The van der Waals surface area contributed by atoms with Crippen molar-refractivity contribution in [3.63, 3.8) is 0 Å². The van der Waals surface area contributed by atoms with Crippen LogP contribution < -0.4 is 5.32 Å². The molecule has 5 nitrogen and oxygen atoms in total. The molecule has 0 bridgehead atoms. The number of aryl methyl sites for hydroxylation is 1. The molecule has 3 rings (SSSR count). The Bertz CT molecular complexity index is 629. The zero-order valence-electron chi connectivity index (χ0n) is 12.1. The van der Waals surface area contributed by atoms with E-state index in [1.54, 1.807) is 0 Å². The Kier molecular flexibility index (Phi) is 4.37. The molecule has 2 heterocycles. The molecule has 1 aromatic heterocycles. The number of likely N-dealkylation sites (N-methyl/N-ethyl adjacent to an activating group) is 1.